The van der Waals surface area contributed by atoms with E-state index < -0.39 is 10.0 Å². The first-order valence-corrected chi connectivity index (χ1v) is 7.76. The normalized spacial score (nSPS) is 10.9. The van der Waals surface area contributed by atoms with Crippen molar-refractivity contribution in [2.24, 2.45) is 0 Å². The number of benzene rings is 2. The molecule has 0 aliphatic carbocycles. The lowest BCUT2D eigenvalue weighted by Gasteiger charge is -2.10. The number of phenolic OH excluding ortho intramolecular Hbond substituents is 1. The molecule has 0 aromatic heterocycles. The molecule has 2 aromatic rings. The molecule has 2 N–H and O–H groups in total. The Kier molecular flexibility index (Phi) is 4.36. The van der Waals surface area contributed by atoms with Crippen LogP contribution >= 0.6 is 11.6 Å². The van der Waals surface area contributed by atoms with Crippen molar-refractivity contribution in [1.82, 2.24) is 0 Å². The standard InChI is InChI=1S/C14H11ClN2O3S/c15-13-9-11(18)3-6-14(13)17-21(19,20)12-4-1-10(2-5-12)7-8-16/h1-6,9,17-18H,7H2. The number of rotatable bonds is 4. The minimum absolute atomic E-state index is 0.0520. The fourth-order valence-electron chi connectivity index (χ4n) is 1.67. The number of phenols is 1. The number of sulfonamides is 1. The van der Waals surface area contributed by atoms with E-state index >= 15 is 0 Å². The van der Waals surface area contributed by atoms with Gasteiger partial charge in [0.1, 0.15) is 5.75 Å². The molecule has 0 radical (unpaired) electrons. The van der Waals surface area contributed by atoms with E-state index in [9.17, 15) is 13.5 Å². The summed E-state index contributed by atoms with van der Waals surface area (Å²) < 4.78 is 26.8. The van der Waals surface area contributed by atoms with E-state index in [1.807, 2.05) is 6.07 Å². The molecule has 2 aromatic carbocycles. The van der Waals surface area contributed by atoms with Gasteiger partial charge in [-0.3, -0.25) is 4.72 Å². The Hall–Kier alpha value is -2.23. The second kappa shape index (κ2) is 6.04. The number of hydrogen-bond acceptors (Lipinski definition) is 4. The third-order valence-electron chi connectivity index (χ3n) is 2.71. The predicted octanol–water partition coefficient (Wildman–Crippen LogP) is 2.91. The number of aromatic hydroxyl groups is 1. The summed E-state index contributed by atoms with van der Waals surface area (Å²) >= 11 is 5.87. The summed E-state index contributed by atoms with van der Waals surface area (Å²) in [6, 6.07) is 11.9. The van der Waals surface area contributed by atoms with Crippen molar-refractivity contribution in [3.63, 3.8) is 0 Å². The van der Waals surface area contributed by atoms with Crippen molar-refractivity contribution in [2.75, 3.05) is 4.72 Å². The first kappa shape index (κ1) is 15.2. The second-order valence-electron chi connectivity index (χ2n) is 4.25. The van der Waals surface area contributed by atoms with Gasteiger partial charge in [-0.25, -0.2) is 8.42 Å². The average Bonchev–Trinajstić information content (AvgIpc) is 2.43. The van der Waals surface area contributed by atoms with E-state index in [0.29, 0.717) is 0 Å². The maximum absolute atomic E-state index is 12.2. The van der Waals surface area contributed by atoms with Crippen LogP contribution in [0.4, 0.5) is 5.69 Å². The quantitative estimate of drug-likeness (QED) is 0.847. The molecule has 108 valence electrons. The SMILES string of the molecule is N#CCc1ccc(S(=O)(=O)Nc2ccc(O)cc2Cl)cc1. The van der Waals surface area contributed by atoms with Gasteiger partial charge in [-0.2, -0.15) is 5.26 Å². The van der Waals surface area contributed by atoms with Crippen molar-refractivity contribution >= 4 is 27.3 Å². The van der Waals surface area contributed by atoms with Gasteiger partial charge in [-0.05, 0) is 29.8 Å². The summed E-state index contributed by atoms with van der Waals surface area (Å²) in [6.07, 6.45) is 0.220. The maximum atomic E-state index is 12.2. The van der Waals surface area contributed by atoms with Crippen LogP contribution in [0.1, 0.15) is 5.56 Å². The van der Waals surface area contributed by atoms with Gasteiger partial charge in [0.25, 0.3) is 10.0 Å². The van der Waals surface area contributed by atoms with Gasteiger partial charge < -0.3 is 5.11 Å². The molecule has 0 atom stereocenters. The van der Waals surface area contributed by atoms with Crippen molar-refractivity contribution < 1.29 is 13.5 Å². The largest absolute Gasteiger partial charge is 0.508 e. The van der Waals surface area contributed by atoms with Gasteiger partial charge in [-0.1, -0.05) is 23.7 Å². The Labute approximate surface area is 127 Å². The Morgan fingerprint density at radius 2 is 1.86 bits per heavy atom. The van der Waals surface area contributed by atoms with Crippen molar-refractivity contribution in [3.8, 4) is 11.8 Å². The molecule has 0 aliphatic rings. The van der Waals surface area contributed by atoms with Gasteiger partial charge >= 0.3 is 0 Å². The summed E-state index contributed by atoms with van der Waals surface area (Å²) in [5, 5.41) is 17.9. The molecular weight excluding hydrogens is 312 g/mol. The molecule has 0 heterocycles. The molecule has 0 saturated carbocycles. The minimum atomic E-state index is -3.78. The lowest BCUT2D eigenvalue weighted by atomic mass is 10.2. The number of nitrogens with zero attached hydrogens (tertiary/aromatic N) is 1. The van der Waals surface area contributed by atoms with E-state index in [-0.39, 0.29) is 27.8 Å². The second-order valence-corrected chi connectivity index (χ2v) is 6.34. The first-order valence-electron chi connectivity index (χ1n) is 5.89. The Balaban J connectivity index is 2.27. The highest BCUT2D eigenvalue weighted by Gasteiger charge is 2.15. The third kappa shape index (κ3) is 3.66. The van der Waals surface area contributed by atoms with E-state index in [1.165, 1.54) is 30.3 Å². The van der Waals surface area contributed by atoms with Gasteiger partial charge in [0.05, 0.1) is 28.1 Å². The molecule has 0 aliphatic heterocycles. The smallest absolute Gasteiger partial charge is 0.261 e. The zero-order valence-electron chi connectivity index (χ0n) is 10.7. The first-order chi connectivity index (χ1) is 9.92. The number of halogens is 1. The van der Waals surface area contributed by atoms with Crippen LogP contribution in [-0.2, 0) is 16.4 Å². The molecule has 5 nitrogen and oxygen atoms in total. The van der Waals surface area contributed by atoms with Gasteiger partial charge in [0.2, 0.25) is 0 Å². The zero-order chi connectivity index (χ0) is 15.5. The third-order valence-corrected chi connectivity index (χ3v) is 4.41. The van der Waals surface area contributed by atoms with Crippen LogP contribution in [0.15, 0.2) is 47.4 Å². The zero-order valence-corrected chi connectivity index (χ0v) is 12.3. The van der Waals surface area contributed by atoms with Crippen molar-refractivity contribution in [2.45, 2.75) is 11.3 Å². The van der Waals surface area contributed by atoms with Crippen LogP contribution in [0.2, 0.25) is 5.02 Å². The summed E-state index contributed by atoms with van der Waals surface area (Å²) in [6.45, 7) is 0. The molecule has 0 saturated heterocycles. The lowest BCUT2D eigenvalue weighted by Crippen LogP contribution is -2.13. The minimum Gasteiger partial charge on any atom is -0.508 e. The van der Waals surface area contributed by atoms with Crippen LogP contribution in [0, 0.1) is 11.3 Å². The van der Waals surface area contributed by atoms with Gasteiger partial charge in [-0.15, -0.1) is 0 Å². The summed E-state index contributed by atoms with van der Waals surface area (Å²) in [7, 11) is -3.78. The van der Waals surface area contributed by atoms with E-state index in [2.05, 4.69) is 4.72 Å². The number of anilines is 1. The molecule has 0 amide bonds. The maximum Gasteiger partial charge on any atom is 0.261 e. The molecule has 0 unspecified atom stereocenters. The molecule has 0 bridgehead atoms. The number of hydrogen-bond donors (Lipinski definition) is 2. The van der Waals surface area contributed by atoms with Crippen molar-refractivity contribution in [3.05, 3.63) is 53.1 Å². The Morgan fingerprint density at radius 1 is 1.19 bits per heavy atom. The molecule has 21 heavy (non-hydrogen) atoms. The summed E-state index contributed by atoms with van der Waals surface area (Å²) in [4.78, 5) is 0.0633. The Morgan fingerprint density at radius 3 is 2.43 bits per heavy atom. The predicted molar refractivity (Wildman–Crippen MR) is 79.7 cm³/mol. The monoisotopic (exact) mass is 322 g/mol. The molecule has 7 heteroatoms. The number of nitriles is 1. The average molecular weight is 323 g/mol. The number of nitrogens with one attached hydrogen (secondary N) is 1. The fourth-order valence-corrected chi connectivity index (χ4v) is 3.03. The van der Waals surface area contributed by atoms with Crippen LogP contribution in [0.5, 0.6) is 5.75 Å². The molecule has 0 spiro atoms. The summed E-state index contributed by atoms with van der Waals surface area (Å²) in [5.74, 6) is -0.0520. The fraction of sp³-hybridized carbons (Fsp3) is 0.0714. The molecular formula is C14H11ClN2O3S. The van der Waals surface area contributed by atoms with E-state index in [4.69, 9.17) is 16.9 Å². The van der Waals surface area contributed by atoms with Crippen molar-refractivity contribution in [1.29, 1.82) is 5.26 Å². The highest BCUT2D eigenvalue weighted by atomic mass is 35.5. The van der Waals surface area contributed by atoms with Crippen LogP contribution in [-0.4, -0.2) is 13.5 Å². The van der Waals surface area contributed by atoms with E-state index in [0.717, 1.165) is 5.56 Å². The van der Waals surface area contributed by atoms with Crippen LogP contribution in [0.3, 0.4) is 0 Å². The highest BCUT2D eigenvalue weighted by Crippen LogP contribution is 2.28. The topological polar surface area (TPSA) is 90.2 Å². The van der Waals surface area contributed by atoms with Crippen LogP contribution < -0.4 is 4.72 Å². The highest BCUT2D eigenvalue weighted by molar-refractivity contribution is 7.92. The molecule has 2 rings (SSSR count). The van der Waals surface area contributed by atoms with Gasteiger partial charge in [0, 0.05) is 6.07 Å². The summed E-state index contributed by atoms with van der Waals surface area (Å²) in [5.41, 5.74) is 0.912. The Bertz CT molecular complexity index is 796. The van der Waals surface area contributed by atoms with E-state index in [1.54, 1.807) is 12.1 Å². The van der Waals surface area contributed by atoms with Gasteiger partial charge in [0.15, 0.2) is 0 Å². The lowest BCUT2D eigenvalue weighted by molar-refractivity contribution is 0.475. The molecule has 0 fully saturated rings. The van der Waals surface area contributed by atoms with Crippen LogP contribution in [0.25, 0.3) is 0 Å².